The van der Waals surface area contributed by atoms with E-state index < -0.39 is 12.0 Å². The van der Waals surface area contributed by atoms with Gasteiger partial charge < -0.3 is 15.7 Å². The summed E-state index contributed by atoms with van der Waals surface area (Å²) in [6.07, 6.45) is 0. The number of aliphatic carboxylic acids is 1. The zero-order valence-corrected chi connectivity index (χ0v) is 10.4. The molecule has 1 aromatic rings. The molecule has 1 aliphatic heterocycles. The van der Waals surface area contributed by atoms with Crippen molar-refractivity contribution in [2.24, 2.45) is 5.73 Å². The first-order valence-electron chi connectivity index (χ1n) is 5.72. The van der Waals surface area contributed by atoms with Crippen molar-refractivity contribution in [3.8, 4) is 0 Å². The third-order valence-electron chi connectivity index (χ3n) is 3.48. The molecule has 1 aliphatic rings. The van der Waals surface area contributed by atoms with Gasteiger partial charge in [-0.3, -0.25) is 4.79 Å². The monoisotopic (exact) mass is 234 g/mol. The van der Waals surface area contributed by atoms with Crippen LogP contribution >= 0.6 is 0 Å². The highest BCUT2D eigenvalue weighted by atomic mass is 16.4. The Morgan fingerprint density at radius 2 is 2.18 bits per heavy atom. The molecule has 0 spiro atoms. The van der Waals surface area contributed by atoms with Crippen LogP contribution in [0.25, 0.3) is 0 Å². The highest BCUT2D eigenvalue weighted by Gasteiger charge is 2.35. The van der Waals surface area contributed by atoms with Crippen LogP contribution in [0.4, 0.5) is 5.69 Å². The van der Waals surface area contributed by atoms with Gasteiger partial charge in [0.1, 0.15) is 6.04 Å². The van der Waals surface area contributed by atoms with Gasteiger partial charge >= 0.3 is 5.97 Å². The van der Waals surface area contributed by atoms with E-state index in [-0.39, 0.29) is 5.92 Å². The standard InChI is InChI=1S/C13H18N2O2/c1-7-4-8(2)11-9(12(14)13(16)17)6-15(3)10(11)5-7/h4-5,9,12H,6,14H2,1-3H3,(H,16,17). The van der Waals surface area contributed by atoms with E-state index in [4.69, 9.17) is 10.8 Å². The molecular formula is C13H18N2O2. The highest BCUT2D eigenvalue weighted by molar-refractivity contribution is 5.77. The minimum absolute atomic E-state index is 0.118. The Labute approximate surface area is 101 Å². The second-order valence-corrected chi connectivity index (χ2v) is 4.87. The molecule has 0 aliphatic carbocycles. The summed E-state index contributed by atoms with van der Waals surface area (Å²) >= 11 is 0. The maximum Gasteiger partial charge on any atom is 0.321 e. The van der Waals surface area contributed by atoms with Crippen LogP contribution in [0.2, 0.25) is 0 Å². The number of anilines is 1. The van der Waals surface area contributed by atoms with Gasteiger partial charge in [-0.2, -0.15) is 0 Å². The largest absolute Gasteiger partial charge is 0.480 e. The maximum absolute atomic E-state index is 11.0. The van der Waals surface area contributed by atoms with Crippen LogP contribution in [-0.4, -0.2) is 30.7 Å². The van der Waals surface area contributed by atoms with Gasteiger partial charge in [0.05, 0.1) is 0 Å². The molecule has 17 heavy (non-hydrogen) atoms. The number of carbonyl (C=O) groups is 1. The summed E-state index contributed by atoms with van der Waals surface area (Å²) in [6, 6.07) is 3.34. The molecule has 4 heteroatoms. The van der Waals surface area contributed by atoms with Crippen molar-refractivity contribution < 1.29 is 9.90 Å². The molecule has 0 radical (unpaired) electrons. The van der Waals surface area contributed by atoms with Gasteiger partial charge in [-0.15, -0.1) is 0 Å². The van der Waals surface area contributed by atoms with E-state index in [1.54, 1.807) is 0 Å². The van der Waals surface area contributed by atoms with Crippen molar-refractivity contribution in [1.82, 2.24) is 0 Å². The number of carboxylic acid groups (broad SMARTS) is 1. The Kier molecular flexibility index (Phi) is 2.83. The molecule has 0 saturated heterocycles. The fourth-order valence-corrected chi connectivity index (χ4v) is 2.70. The van der Waals surface area contributed by atoms with Gasteiger partial charge in [0.25, 0.3) is 0 Å². The van der Waals surface area contributed by atoms with Gasteiger partial charge in [-0.1, -0.05) is 6.07 Å². The summed E-state index contributed by atoms with van der Waals surface area (Å²) < 4.78 is 0. The number of carboxylic acids is 1. The molecule has 0 fully saturated rings. The molecule has 2 unspecified atom stereocenters. The van der Waals surface area contributed by atoms with E-state index in [9.17, 15) is 4.79 Å². The zero-order valence-electron chi connectivity index (χ0n) is 10.4. The molecule has 0 bridgehead atoms. The lowest BCUT2D eigenvalue weighted by molar-refractivity contribution is -0.139. The van der Waals surface area contributed by atoms with Crippen molar-refractivity contribution in [3.63, 3.8) is 0 Å². The van der Waals surface area contributed by atoms with Crippen LogP contribution in [0, 0.1) is 13.8 Å². The van der Waals surface area contributed by atoms with Crippen molar-refractivity contribution >= 4 is 11.7 Å². The molecule has 1 heterocycles. The lowest BCUT2D eigenvalue weighted by atomic mass is 9.90. The van der Waals surface area contributed by atoms with E-state index in [0.29, 0.717) is 6.54 Å². The summed E-state index contributed by atoms with van der Waals surface area (Å²) in [6.45, 7) is 4.74. The number of benzene rings is 1. The Morgan fingerprint density at radius 1 is 1.53 bits per heavy atom. The van der Waals surface area contributed by atoms with Gasteiger partial charge in [0.15, 0.2) is 0 Å². The normalized spacial score (nSPS) is 20.2. The lowest BCUT2D eigenvalue weighted by Gasteiger charge is -2.17. The Balaban J connectivity index is 2.50. The van der Waals surface area contributed by atoms with E-state index in [1.807, 2.05) is 20.9 Å². The Morgan fingerprint density at radius 3 is 2.76 bits per heavy atom. The third-order valence-corrected chi connectivity index (χ3v) is 3.48. The van der Waals surface area contributed by atoms with Crippen LogP contribution in [0.5, 0.6) is 0 Å². The predicted molar refractivity (Wildman–Crippen MR) is 67.5 cm³/mol. The summed E-state index contributed by atoms with van der Waals surface area (Å²) in [4.78, 5) is 13.1. The minimum Gasteiger partial charge on any atom is -0.480 e. The number of hydrogen-bond donors (Lipinski definition) is 2. The second-order valence-electron chi connectivity index (χ2n) is 4.87. The van der Waals surface area contributed by atoms with Crippen molar-refractivity contribution in [3.05, 3.63) is 28.8 Å². The first kappa shape index (κ1) is 11.9. The summed E-state index contributed by atoms with van der Waals surface area (Å²) in [5.41, 5.74) is 10.3. The van der Waals surface area contributed by atoms with Crippen LogP contribution in [0.15, 0.2) is 12.1 Å². The van der Waals surface area contributed by atoms with E-state index >= 15 is 0 Å². The SMILES string of the molecule is Cc1cc(C)c2c(c1)N(C)CC2C(N)C(=O)O. The molecule has 0 aromatic heterocycles. The smallest absolute Gasteiger partial charge is 0.321 e. The van der Waals surface area contributed by atoms with Crippen molar-refractivity contribution in [2.75, 3.05) is 18.5 Å². The number of fused-ring (bicyclic) bond motifs is 1. The molecule has 3 N–H and O–H groups in total. The number of likely N-dealkylation sites (N-methyl/N-ethyl adjacent to an activating group) is 1. The number of rotatable bonds is 2. The van der Waals surface area contributed by atoms with Crippen LogP contribution in [0.1, 0.15) is 22.6 Å². The highest BCUT2D eigenvalue weighted by Crippen LogP contribution is 2.39. The summed E-state index contributed by atoms with van der Waals surface area (Å²) in [5, 5.41) is 9.06. The van der Waals surface area contributed by atoms with Crippen molar-refractivity contribution in [2.45, 2.75) is 25.8 Å². The minimum atomic E-state index is -0.934. The topological polar surface area (TPSA) is 66.6 Å². The first-order chi connectivity index (χ1) is 7.91. The molecule has 0 saturated carbocycles. The van der Waals surface area contributed by atoms with Gasteiger partial charge in [0.2, 0.25) is 0 Å². The second kappa shape index (κ2) is 4.04. The molecule has 0 amide bonds. The van der Waals surface area contributed by atoms with Gasteiger partial charge in [-0.25, -0.2) is 0 Å². The number of nitrogens with zero attached hydrogens (tertiary/aromatic N) is 1. The lowest BCUT2D eigenvalue weighted by Crippen LogP contribution is -2.38. The number of aryl methyl sites for hydroxylation is 2. The third kappa shape index (κ3) is 1.89. The number of nitrogens with two attached hydrogens (primary N) is 1. The van der Waals surface area contributed by atoms with Crippen molar-refractivity contribution in [1.29, 1.82) is 0 Å². The maximum atomic E-state index is 11.0. The van der Waals surface area contributed by atoms with Crippen LogP contribution in [0.3, 0.4) is 0 Å². The Hall–Kier alpha value is -1.55. The average Bonchev–Trinajstić information content (AvgIpc) is 2.55. The Bertz CT molecular complexity index is 471. The predicted octanol–water partition coefficient (Wildman–Crippen LogP) is 1.25. The summed E-state index contributed by atoms with van der Waals surface area (Å²) in [7, 11) is 1.98. The molecule has 2 rings (SSSR count). The number of hydrogen-bond acceptors (Lipinski definition) is 3. The molecule has 4 nitrogen and oxygen atoms in total. The molecule has 92 valence electrons. The molecule has 2 atom stereocenters. The molecule has 1 aromatic carbocycles. The first-order valence-corrected chi connectivity index (χ1v) is 5.72. The van der Waals surface area contributed by atoms with Gasteiger partial charge in [-0.05, 0) is 36.6 Å². The van der Waals surface area contributed by atoms with Gasteiger partial charge in [0, 0.05) is 25.2 Å². The fraction of sp³-hybridized carbons (Fsp3) is 0.462. The summed E-state index contributed by atoms with van der Waals surface area (Å²) in [5.74, 6) is -1.05. The zero-order chi connectivity index (χ0) is 12.7. The van der Waals surface area contributed by atoms with E-state index in [2.05, 4.69) is 17.0 Å². The van der Waals surface area contributed by atoms with E-state index in [1.165, 1.54) is 5.56 Å². The quantitative estimate of drug-likeness (QED) is 0.808. The fourth-order valence-electron chi connectivity index (χ4n) is 2.70. The molecular weight excluding hydrogens is 216 g/mol. The van der Waals surface area contributed by atoms with E-state index in [0.717, 1.165) is 16.8 Å². The average molecular weight is 234 g/mol. The van der Waals surface area contributed by atoms with Crippen LogP contribution < -0.4 is 10.6 Å². The van der Waals surface area contributed by atoms with Crippen LogP contribution in [-0.2, 0) is 4.79 Å².